The number of anilines is 2. The molecule has 0 bridgehead atoms. The molecule has 1 rings (SSSR count). The molecule has 1 unspecified atom stereocenters. The minimum absolute atomic E-state index is 0.685. The van der Waals surface area contributed by atoms with E-state index in [2.05, 4.69) is 5.32 Å². The highest BCUT2D eigenvalue weighted by molar-refractivity contribution is 7.84. The van der Waals surface area contributed by atoms with E-state index in [1.165, 1.54) is 0 Å². The largest absolute Gasteiger partial charge is 0.398 e. The summed E-state index contributed by atoms with van der Waals surface area (Å²) >= 11 is 0. The van der Waals surface area contributed by atoms with Gasteiger partial charge in [-0.1, -0.05) is 13.0 Å². The van der Waals surface area contributed by atoms with Crippen LogP contribution in [0, 0.1) is 6.92 Å². The Morgan fingerprint density at radius 3 is 2.87 bits per heavy atom. The lowest BCUT2D eigenvalue weighted by Crippen LogP contribution is -2.12. The first-order chi connectivity index (χ1) is 7.15. The van der Waals surface area contributed by atoms with E-state index >= 15 is 0 Å². The average molecular weight is 226 g/mol. The van der Waals surface area contributed by atoms with Gasteiger partial charge >= 0.3 is 0 Å². The highest BCUT2D eigenvalue weighted by Gasteiger charge is 2.01. The van der Waals surface area contributed by atoms with Crippen molar-refractivity contribution in [3.05, 3.63) is 23.8 Å². The Labute approximate surface area is 93.5 Å². The molecule has 3 nitrogen and oxygen atoms in total. The molecule has 0 aromatic heterocycles. The van der Waals surface area contributed by atoms with Crippen molar-refractivity contribution in [1.82, 2.24) is 0 Å². The lowest BCUT2D eigenvalue weighted by atomic mass is 10.1. The van der Waals surface area contributed by atoms with E-state index in [1.807, 2.05) is 32.0 Å². The molecular formula is C11H18N2OS. The fourth-order valence-electron chi connectivity index (χ4n) is 1.29. The zero-order valence-electron chi connectivity index (χ0n) is 9.25. The van der Waals surface area contributed by atoms with E-state index in [4.69, 9.17) is 5.73 Å². The number of nitrogens with two attached hydrogens (primary N) is 1. The molecule has 4 heteroatoms. The van der Waals surface area contributed by atoms with Gasteiger partial charge in [-0.2, -0.15) is 0 Å². The van der Waals surface area contributed by atoms with Crippen LogP contribution in [0.25, 0.3) is 0 Å². The van der Waals surface area contributed by atoms with Gasteiger partial charge in [-0.25, -0.2) is 0 Å². The van der Waals surface area contributed by atoms with Gasteiger partial charge in [0.25, 0.3) is 0 Å². The van der Waals surface area contributed by atoms with Crippen LogP contribution in [0.15, 0.2) is 18.2 Å². The van der Waals surface area contributed by atoms with Gasteiger partial charge in [0.05, 0.1) is 0 Å². The molecule has 0 spiro atoms. The maximum atomic E-state index is 11.2. The molecule has 0 saturated heterocycles. The molecule has 0 aliphatic heterocycles. The number of nitrogen functional groups attached to an aromatic ring is 1. The Hall–Kier alpha value is -1.03. The van der Waals surface area contributed by atoms with Gasteiger partial charge in [-0.15, -0.1) is 0 Å². The summed E-state index contributed by atoms with van der Waals surface area (Å²) in [6.45, 7) is 4.64. The molecule has 0 aliphatic carbocycles. The zero-order chi connectivity index (χ0) is 11.3. The van der Waals surface area contributed by atoms with Crippen LogP contribution in [0.4, 0.5) is 11.4 Å². The number of benzene rings is 1. The van der Waals surface area contributed by atoms with Crippen LogP contribution in [-0.4, -0.2) is 22.3 Å². The minimum atomic E-state index is -0.706. The average Bonchev–Trinajstić information content (AvgIpc) is 2.24. The summed E-state index contributed by atoms with van der Waals surface area (Å²) in [4.78, 5) is 0. The predicted molar refractivity (Wildman–Crippen MR) is 67.6 cm³/mol. The fourth-order valence-corrected chi connectivity index (χ4v) is 1.91. The number of hydrogen-bond donors (Lipinski definition) is 2. The first kappa shape index (κ1) is 12.0. The van der Waals surface area contributed by atoms with Crippen molar-refractivity contribution in [2.24, 2.45) is 0 Å². The van der Waals surface area contributed by atoms with E-state index in [0.29, 0.717) is 5.75 Å². The van der Waals surface area contributed by atoms with Gasteiger partial charge in [-0.05, 0) is 24.6 Å². The van der Waals surface area contributed by atoms with Gasteiger partial charge in [0.1, 0.15) is 0 Å². The van der Waals surface area contributed by atoms with E-state index in [-0.39, 0.29) is 0 Å². The van der Waals surface area contributed by atoms with Crippen LogP contribution in [0.5, 0.6) is 0 Å². The fraction of sp³-hybridized carbons (Fsp3) is 0.455. The van der Waals surface area contributed by atoms with E-state index in [1.54, 1.807) is 0 Å². The summed E-state index contributed by atoms with van der Waals surface area (Å²) in [6.07, 6.45) is 0. The molecule has 84 valence electrons. The van der Waals surface area contributed by atoms with Gasteiger partial charge in [0.15, 0.2) is 0 Å². The quantitative estimate of drug-likeness (QED) is 0.752. The van der Waals surface area contributed by atoms with Crippen LogP contribution < -0.4 is 11.1 Å². The summed E-state index contributed by atoms with van der Waals surface area (Å²) in [5, 5.41) is 3.25. The Morgan fingerprint density at radius 2 is 2.20 bits per heavy atom. The van der Waals surface area contributed by atoms with Crippen LogP contribution in [0.1, 0.15) is 12.5 Å². The molecule has 1 atom stereocenters. The second kappa shape index (κ2) is 5.75. The van der Waals surface area contributed by atoms with Gasteiger partial charge < -0.3 is 11.1 Å². The summed E-state index contributed by atoms with van der Waals surface area (Å²) in [5.41, 5.74) is 8.65. The molecule has 1 aromatic carbocycles. The topological polar surface area (TPSA) is 55.1 Å². The summed E-state index contributed by atoms with van der Waals surface area (Å²) in [7, 11) is -0.706. The Bertz CT molecular complexity index is 352. The van der Waals surface area contributed by atoms with Crippen molar-refractivity contribution < 1.29 is 4.21 Å². The van der Waals surface area contributed by atoms with Crippen molar-refractivity contribution in [2.75, 3.05) is 29.1 Å². The van der Waals surface area contributed by atoms with Crippen LogP contribution in [0.2, 0.25) is 0 Å². The third kappa shape index (κ3) is 3.55. The van der Waals surface area contributed by atoms with Crippen molar-refractivity contribution in [3.8, 4) is 0 Å². The lowest BCUT2D eigenvalue weighted by Gasteiger charge is -2.10. The zero-order valence-corrected chi connectivity index (χ0v) is 10.1. The monoisotopic (exact) mass is 226 g/mol. The molecule has 0 saturated carbocycles. The third-order valence-electron chi connectivity index (χ3n) is 2.34. The molecule has 0 heterocycles. The number of hydrogen-bond acceptors (Lipinski definition) is 3. The number of rotatable bonds is 5. The second-order valence-electron chi connectivity index (χ2n) is 3.38. The van der Waals surface area contributed by atoms with Crippen LogP contribution >= 0.6 is 0 Å². The van der Waals surface area contributed by atoms with Crippen molar-refractivity contribution in [1.29, 1.82) is 0 Å². The summed E-state index contributed by atoms with van der Waals surface area (Å²) < 4.78 is 11.2. The molecule has 0 radical (unpaired) electrons. The maximum Gasteiger partial charge on any atom is 0.0408 e. The van der Waals surface area contributed by atoms with E-state index in [9.17, 15) is 4.21 Å². The molecule has 0 aliphatic rings. The highest BCUT2D eigenvalue weighted by Crippen LogP contribution is 2.19. The second-order valence-corrected chi connectivity index (χ2v) is 5.24. The predicted octanol–water partition coefficient (Wildman–Crippen LogP) is 1.76. The third-order valence-corrected chi connectivity index (χ3v) is 3.65. The van der Waals surface area contributed by atoms with E-state index < -0.39 is 10.8 Å². The first-order valence-electron chi connectivity index (χ1n) is 5.09. The van der Waals surface area contributed by atoms with Crippen molar-refractivity contribution in [2.45, 2.75) is 13.8 Å². The molecule has 3 N–H and O–H groups in total. The standard InChI is InChI=1S/C11H18N2OS/c1-3-15(14)8-7-13-11-6-4-5-10(12)9(11)2/h4-6,13H,3,7-8,12H2,1-2H3. The Kier molecular flexibility index (Phi) is 4.62. The van der Waals surface area contributed by atoms with Crippen LogP contribution in [-0.2, 0) is 10.8 Å². The minimum Gasteiger partial charge on any atom is -0.398 e. The Balaban J connectivity index is 2.51. The maximum absolute atomic E-state index is 11.2. The van der Waals surface area contributed by atoms with Crippen LogP contribution in [0.3, 0.4) is 0 Å². The highest BCUT2D eigenvalue weighted by atomic mass is 32.2. The first-order valence-corrected chi connectivity index (χ1v) is 6.58. The smallest absolute Gasteiger partial charge is 0.0408 e. The Morgan fingerprint density at radius 1 is 1.47 bits per heavy atom. The SMILES string of the molecule is CCS(=O)CCNc1cccc(N)c1C. The molecule has 1 aromatic rings. The molecular weight excluding hydrogens is 208 g/mol. The van der Waals surface area contributed by atoms with Gasteiger partial charge in [-0.3, -0.25) is 4.21 Å². The van der Waals surface area contributed by atoms with E-state index in [0.717, 1.165) is 29.2 Å². The van der Waals surface area contributed by atoms with Gasteiger partial charge in [0.2, 0.25) is 0 Å². The molecule has 0 amide bonds. The molecule has 0 fully saturated rings. The number of nitrogens with one attached hydrogen (secondary N) is 1. The van der Waals surface area contributed by atoms with Crippen molar-refractivity contribution in [3.63, 3.8) is 0 Å². The molecule has 15 heavy (non-hydrogen) atoms. The lowest BCUT2D eigenvalue weighted by molar-refractivity contribution is 0.684. The summed E-state index contributed by atoms with van der Waals surface area (Å²) in [6, 6.07) is 5.78. The summed E-state index contributed by atoms with van der Waals surface area (Å²) in [5.74, 6) is 1.41. The van der Waals surface area contributed by atoms with Gasteiger partial charge in [0, 0.05) is 40.2 Å². The van der Waals surface area contributed by atoms with Crippen molar-refractivity contribution >= 4 is 22.2 Å². The normalized spacial score (nSPS) is 12.4.